The average molecular weight is 407 g/mol. The molecule has 0 saturated carbocycles. The molecule has 0 atom stereocenters. The second-order valence-electron chi connectivity index (χ2n) is 6.34. The molecule has 0 saturated heterocycles. The zero-order valence-electron chi connectivity index (χ0n) is 15.5. The molecule has 29 heavy (non-hydrogen) atoms. The van der Waals surface area contributed by atoms with E-state index in [9.17, 15) is 22.8 Å². The summed E-state index contributed by atoms with van der Waals surface area (Å²) in [6, 6.07) is 7.27. The number of hydrogen-bond donors (Lipinski definition) is 0. The van der Waals surface area contributed by atoms with Crippen molar-refractivity contribution in [2.45, 2.75) is 26.6 Å². The van der Waals surface area contributed by atoms with E-state index in [1.165, 1.54) is 12.1 Å². The smallest absolute Gasteiger partial charge is 0.422 e. The molecule has 0 amide bonds. The first-order chi connectivity index (χ1) is 13.6. The first-order valence-electron chi connectivity index (χ1n) is 8.50. The second-order valence-corrected chi connectivity index (χ2v) is 6.34. The van der Waals surface area contributed by atoms with E-state index in [-0.39, 0.29) is 18.1 Å². The third-order valence-electron chi connectivity index (χ3n) is 4.23. The molecule has 6 nitrogen and oxygen atoms in total. The molecule has 3 rings (SSSR count). The van der Waals surface area contributed by atoms with Crippen LogP contribution in [0, 0.1) is 13.8 Å². The summed E-state index contributed by atoms with van der Waals surface area (Å²) in [5.74, 6) is -1.01. The van der Waals surface area contributed by atoms with Gasteiger partial charge in [-0.15, -0.1) is 0 Å². The van der Waals surface area contributed by atoms with Crippen LogP contribution in [0.2, 0.25) is 0 Å². The number of esters is 1. The first kappa shape index (κ1) is 20.4. The van der Waals surface area contributed by atoms with Gasteiger partial charge in [-0.2, -0.15) is 13.2 Å². The Labute approximate surface area is 162 Å². The van der Waals surface area contributed by atoms with Crippen LogP contribution in [-0.4, -0.2) is 23.7 Å². The highest BCUT2D eigenvalue weighted by Gasteiger charge is 2.28. The molecule has 2 aromatic heterocycles. The highest BCUT2D eigenvalue weighted by Crippen LogP contribution is 2.24. The lowest BCUT2D eigenvalue weighted by Crippen LogP contribution is -2.19. The quantitative estimate of drug-likeness (QED) is 0.468. The van der Waals surface area contributed by atoms with Crippen LogP contribution < -0.4 is 10.4 Å². The summed E-state index contributed by atoms with van der Waals surface area (Å²) in [7, 11) is 0. The normalized spacial score (nSPS) is 11.5. The number of ether oxygens (including phenoxy) is 2. The number of halogens is 3. The van der Waals surface area contributed by atoms with Gasteiger partial charge in [0, 0.05) is 29.3 Å². The van der Waals surface area contributed by atoms with Gasteiger partial charge in [0.25, 0.3) is 0 Å². The predicted octanol–water partition coefficient (Wildman–Crippen LogP) is 4.10. The number of fused-ring (bicyclic) bond motifs is 1. The fraction of sp³-hybridized carbons (Fsp3) is 0.250. The maximum absolute atomic E-state index is 12.2. The number of pyridine rings is 1. The molecule has 0 spiro atoms. The highest BCUT2D eigenvalue weighted by atomic mass is 19.4. The van der Waals surface area contributed by atoms with Crippen molar-refractivity contribution in [3.63, 3.8) is 0 Å². The number of carbonyl (C=O) groups is 1. The summed E-state index contributed by atoms with van der Waals surface area (Å²) < 4.78 is 51.4. The molecule has 0 unspecified atom stereocenters. The molecule has 0 aliphatic heterocycles. The summed E-state index contributed by atoms with van der Waals surface area (Å²) >= 11 is 0. The molecular weight excluding hydrogens is 391 g/mol. The number of carbonyl (C=O) groups excluding carboxylic acids is 1. The van der Waals surface area contributed by atoms with Gasteiger partial charge in [0.05, 0.1) is 5.56 Å². The van der Waals surface area contributed by atoms with Crippen LogP contribution in [0.25, 0.3) is 11.0 Å². The Bertz CT molecular complexity index is 1100. The third-order valence-corrected chi connectivity index (χ3v) is 4.23. The van der Waals surface area contributed by atoms with Gasteiger partial charge in [0.15, 0.2) is 6.61 Å². The Morgan fingerprint density at radius 1 is 1.17 bits per heavy atom. The van der Waals surface area contributed by atoms with Crippen LogP contribution in [0.5, 0.6) is 5.88 Å². The molecule has 2 heterocycles. The minimum atomic E-state index is -4.48. The molecule has 0 N–H and O–H groups in total. The van der Waals surface area contributed by atoms with Gasteiger partial charge < -0.3 is 13.9 Å². The summed E-state index contributed by atoms with van der Waals surface area (Å²) in [5.41, 5.74) is 2.14. The van der Waals surface area contributed by atoms with Gasteiger partial charge in [-0.1, -0.05) is 12.1 Å². The first-order valence-corrected chi connectivity index (χ1v) is 8.50. The van der Waals surface area contributed by atoms with Crippen LogP contribution in [0.15, 0.2) is 45.7 Å². The van der Waals surface area contributed by atoms with Gasteiger partial charge in [-0.05, 0) is 31.0 Å². The Hall–Kier alpha value is -3.36. The third kappa shape index (κ3) is 4.92. The van der Waals surface area contributed by atoms with Crippen molar-refractivity contribution in [2.75, 3.05) is 6.61 Å². The Balaban J connectivity index is 1.73. The molecule has 3 aromatic rings. The number of aryl methyl sites for hydroxylation is 2. The van der Waals surface area contributed by atoms with Crippen LogP contribution in [-0.2, 0) is 11.3 Å². The van der Waals surface area contributed by atoms with E-state index in [0.717, 1.165) is 23.4 Å². The largest absolute Gasteiger partial charge is 0.468 e. The van der Waals surface area contributed by atoms with Gasteiger partial charge in [0.1, 0.15) is 12.2 Å². The summed E-state index contributed by atoms with van der Waals surface area (Å²) in [6.07, 6.45) is -3.43. The van der Waals surface area contributed by atoms with Crippen LogP contribution >= 0.6 is 0 Å². The molecule has 0 aliphatic carbocycles. The van der Waals surface area contributed by atoms with Crippen LogP contribution in [0.1, 0.15) is 27.0 Å². The summed E-state index contributed by atoms with van der Waals surface area (Å²) in [4.78, 5) is 27.7. The van der Waals surface area contributed by atoms with E-state index in [1.54, 1.807) is 6.07 Å². The van der Waals surface area contributed by atoms with Gasteiger partial charge in [-0.3, -0.25) is 0 Å². The lowest BCUT2D eigenvalue weighted by Gasteiger charge is -2.10. The fourth-order valence-electron chi connectivity index (χ4n) is 2.61. The minimum Gasteiger partial charge on any atom is -0.468 e. The Kier molecular flexibility index (Phi) is 5.58. The number of alkyl halides is 3. The van der Waals surface area contributed by atoms with Gasteiger partial charge in [-0.25, -0.2) is 14.6 Å². The van der Waals surface area contributed by atoms with E-state index >= 15 is 0 Å². The van der Waals surface area contributed by atoms with Crippen molar-refractivity contribution in [1.82, 2.24) is 4.98 Å². The van der Waals surface area contributed by atoms with E-state index in [2.05, 4.69) is 9.72 Å². The molecule has 9 heteroatoms. The highest BCUT2D eigenvalue weighted by molar-refractivity contribution is 5.89. The van der Waals surface area contributed by atoms with Crippen LogP contribution in [0.3, 0.4) is 0 Å². The number of nitrogens with zero attached hydrogens (tertiary/aromatic N) is 1. The fourth-order valence-corrected chi connectivity index (χ4v) is 2.61. The minimum absolute atomic E-state index is 0.0312. The van der Waals surface area contributed by atoms with Crippen LogP contribution in [0.4, 0.5) is 13.2 Å². The van der Waals surface area contributed by atoms with E-state index < -0.39 is 24.4 Å². The van der Waals surface area contributed by atoms with Gasteiger partial charge in [0.2, 0.25) is 5.88 Å². The van der Waals surface area contributed by atoms with Crippen molar-refractivity contribution < 1.29 is 31.9 Å². The summed E-state index contributed by atoms with van der Waals surface area (Å²) in [5, 5.41) is 0.648. The number of hydrogen-bond acceptors (Lipinski definition) is 6. The maximum Gasteiger partial charge on any atom is 0.422 e. The number of rotatable bonds is 5. The SMILES string of the molecule is Cc1ccc2c(COC(=O)c3ccc(OCC(F)(F)F)nc3)cc(=O)oc2c1C. The zero-order valence-corrected chi connectivity index (χ0v) is 15.5. The van der Waals surface area contributed by atoms with Crippen molar-refractivity contribution in [3.8, 4) is 5.88 Å². The molecular formula is C20H16F3NO5. The van der Waals surface area contributed by atoms with Crippen molar-refractivity contribution >= 4 is 16.9 Å². The number of aromatic nitrogens is 1. The number of benzene rings is 1. The molecule has 0 fully saturated rings. The molecule has 152 valence electrons. The molecule has 1 aromatic carbocycles. The lowest BCUT2D eigenvalue weighted by atomic mass is 10.0. The topological polar surface area (TPSA) is 78.6 Å². The zero-order chi connectivity index (χ0) is 21.2. The Morgan fingerprint density at radius 2 is 1.93 bits per heavy atom. The Morgan fingerprint density at radius 3 is 2.59 bits per heavy atom. The van der Waals surface area contributed by atoms with E-state index in [1.807, 2.05) is 19.9 Å². The van der Waals surface area contributed by atoms with Crippen molar-refractivity contribution in [3.05, 3.63) is 69.2 Å². The van der Waals surface area contributed by atoms with Crippen molar-refractivity contribution in [1.29, 1.82) is 0 Å². The predicted molar refractivity (Wildman–Crippen MR) is 96.9 cm³/mol. The average Bonchev–Trinajstić information content (AvgIpc) is 2.67. The van der Waals surface area contributed by atoms with Crippen molar-refractivity contribution in [2.24, 2.45) is 0 Å². The molecule has 0 bridgehead atoms. The summed E-state index contributed by atoms with van der Waals surface area (Å²) in [6.45, 7) is 2.04. The molecule has 0 radical (unpaired) electrons. The standard InChI is InChI=1S/C20H16F3NO5/c1-11-3-5-15-14(7-17(25)29-18(15)12(11)2)9-27-19(26)13-4-6-16(24-8-13)28-10-20(21,22)23/h3-8H,9-10H2,1-2H3. The van der Waals surface area contributed by atoms with Gasteiger partial charge >= 0.3 is 17.8 Å². The maximum atomic E-state index is 12.2. The molecule has 0 aliphatic rings. The lowest BCUT2D eigenvalue weighted by molar-refractivity contribution is -0.154. The van der Waals surface area contributed by atoms with E-state index in [4.69, 9.17) is 9.15 Å². The van der Waals surface area contributed by atoms with E-state index in [0.29, 0.717) is 16.5 Å². The second kappa shape index (κ2) is 7.94. The monoisotopic (exact) mass is 407 g/mol.